The van der Waals surface area contributed by atoms with Crippen LogP contribution in [0.1, 0.15) is 34.6 Å². The molecule has 0 unspecified atom stereocenters. The molecular weight excluding hydrogens is 468 g/mol. The molecule has 3 rings (SSSR count). The lowest BCUT2D eigenvalue weighted by atomic mass is 10.0. The molecule has 32 heavy (non-hydrogen) atoms. The van der Waals surface area contributed by atoms with E-state index in [4.69, 9.17) is 16.7 Å². The van der Waals surface area contributed by atoms with Gasteiger partial charge in [-0.15, -0.1) is 11.3 Å². The molecular formula is C23H23ClN2O4S2. The van der Waals surface area contributed by atoms with E-state index >= 15 is 0 Å². The molecule has 0 amide bonds. The fraction of sp³-hybridized carbons (Fsp3) is 0.217. The first-order valence-electron chi connectivity index (χ1n) is 10.0. The number of rotatable bonds is 11. The number of halogens is 1. The Morgan fingerprint density at radius 3 is 2.62 bits per heavy atom. The Morgan fingerprint density at radius 1 is 1.16 bits per heavy atom. The molecule has 0 fully saturated rings. The molecule has 2 aromatic heterocycles. The third-order valence-corrected chi connectivity index (χ3v) is 7.54. The van der Waals surface area contributed by atoms with Crippen LogP contribution in [-0.4, -0.2) is 31.0 Å². The molecule has 0 radical (unpaired) electrons. The van der Waals surface area contributed by atoms with E-state index in [1.54, 1.807) is 35.9 Å². The molecule has 1 aromatic carbocycles. The van der Waals surface area contributed by atoms with Crippen LogP contribution >= 0.6 is 22.9 Å². The first-order valence-corrected chi connectivity index (χ1v) is 12.7. The summed E-state index contributed by atoms with van der Waals surface area (Å²) in [4.78, 5) is 17.2. The number of benzene rings is 1. The highest BCUT2D eigenvalue weighted by molar-refractivity contribution is 7.89. The zero-order valence-electron chi connectivity index (χ0n) is 17.2. The second kappa shape index (κ2) is 11.4. The number of carboxylic acids is 1. The number of hydrogen-bond acceptors (Lipinski definition) is 5. The smallest absolute Gasteiger partial charge is 0.303 e. The van der Waals surface area contributed by atoms with Gasteiger partial charge >= 0.3 is 5.97 Å². The summed E-state index contributed by atoms with van der Waals surface area (Å²) >= 11 is 7.41. The number of thiophene rings is 1. The van der Waals surface area contributed by atoms with Crippen molar-refractivity contribution >= 4 is 44.5 Å². The van der Waals surface area contributed by atoms with Crippen molar-refractivity contribution < 1.29 is 18.3 Å². The van der Waals surface area contributed by atoms with Crippen molar-refractivity contribution in [2.75, 3.05) is 6.54 Å². The molecule has 0 spiro atoms. The van der Waals surface area contributed by atoms with Gasteiger partial charge in [-0.3, -0.25) is 9.78 Å². The Hall–Kier alpha value is -2.52. The number of carbonyl (C=O) groups is 1. The number of carboxylic acid groups (broad SMARTS) is 1. The van der Waals surface area contributed by atoms with Crippen molar-refractivity contribution in [2.45, 2.75) is 30.6 Å². The molecule has 0 saturated carbocycles. The van der Waals surface area contributed by atoms with Crippen LogP contribution in [-0.2, 0) is 21.2 Å². The van der Waals surface area contributed by atoms with Gasteiger partial charge < -0.3 is 5.11 Å². The Morgan fingerprint density at radius 2 is 1.94 bits per heavy atom. The van der Waals surface area contributed by atoms with E-state index in [2.05, 4.69) is 9.71 Å². The summed E-state index contributed by atoms with van der Waals surface area (Å²) in [6, 6.07) is 13.9. The van der Waals surface area contributed by atoms with Crippen molar-refractivity contribution in [1.82, 2.24) is 9.71 Å². The predicted octanol–water partition coefficient (Wildman–Crippen LogP) is 5.00. The van der Waals surface area contributed by atoms with Gasteiger partial charge in [0.15, 0.2) is 0 Å². The molecule has 168 valence electrons. The van der Waals surface area contributed by atoms with E-state index in [9.17, 15) is 13.2 Å². The van der Waals surface area contributed by atoms with E-state index in [1.165, 1.54) is 12.1 Å². The van der Waals surface area contributed by atoms with E-state index < -0.39 is 16.0 Å². The van der Waals surface area contributed by atoms with Crippen LogP contribution in [0.4, 0.5) is 0 Å². The van der Waals surface area contributed by atoms with Crippen LogP contribution in [0.2, 0.25) is 5.02 Å². The molecule has 0 saturated heterocycles. The highest BCUT2D eigenvalue weighted by atomic mass is 35.5. The van der Waals surface area contributed by atoms with Crippen molar-refractivity contribution in [3.63, 3.8) is 0 Å². The van der Waals surface area contributed by atoms with Crippen molar-refractivity contribution in [1.29, 1.82) is 0 Å². The van der Waals surface area contributed by atoms with Crippen LogP contribution in [0.3, 0.4) is 0 Å². The average Bonchev–Trinajstić information content (AvgIpc) is 3.23. The minimum absolute atomic E-state index is 0.125. The van der Waals surface area contributed by atoms with Crippen molar-refractivity contribution in [3.8, 4) is 0 Å². The molecule has 3 aromatic rings. The number of aliphatic carboxylic acids is 1. The van der Waals surface area contributed by atoms with E-state index in [0.717, 1.165) is 20.9 Å². The third-order valence-electron chi connectivity index (χ3n) is 4.63. The minimum Gasteiger partial charge on any atom is -0.481 e. The number of nitrogens with one attached hydrogen (secondary N) is 1. The zero-order valence-corrected chi connectivity index (χ0v) is 19.6. The molecule has 0 atom stereocenters. The predicted molar refractivity (Wildman–Crippen MR) is 127 cm³/mol. The van der Waals surface area contributed by atoms with Crippen LogP contribution in [0, 0.1) is 0 Å². The van der Waals surface area contributed by atoms with Gasteiger partial charge in [0.2, 0.25) is 10.0 Å². The normalized spacial score (nSPS) is 12.1. The summed E-state index contributed by atoms with van der Waals surface area (Å²) in [6.45, 7) is 0.273. The molecule has 0 aliphatic carbocycles. The number of nitrogens with zero attached hydrogens (tertiary/aromatic N) is 1. The van der Waals surface area contributed by atoms with Gasteiger partial charge in [0.25, 0.3) is 0 Å². The number of allylic oxidation sites excluding steroid dienone is 1. The lowest BCUT2D eigenvalue weighted by molar-refractivity contribution is -0.137. The van der Waals surface area contributed by atoms with Gasteiger partial charge in [-0.1, -0.05) is 23.7 Å². The Balaban J connectivity index is 1.67. The lowest BCUT2D eigenvalue weighted by Crippen LogP contribution is -2.25. The van der Waals surface area contributed by atoms with Gasteiger partial charge in [-0.05, 0) is 67.3 Å². The van der Waals surface area contributed by atoms with E-state index in [-0.39, 0.29) is 17.9 Å². The Labute approximate surface area is 196 Å². The van der Waals surface area contributed by atoms with Gasteiger partial charge in [0, 0.05) is 45.7 Å². The molecule has 0 aliphatic rings. The van der Waals surface area contributed by atoms with Crippen LogP contribution < -0.4 is 4.72 Å². The second-order valence-corrected chi connectivity index (χ2v) is 10.4. The fourth-order valence-electron chi connectivity index (χ4n) is 3.05. The van der Waals surface area contributed by atoms with Gasteiger partial charge in [0.05, 0.1) is 4.90 Å². The van der Waals surface area contributed by atoms with Crippen LogP contribution in [0.15, 0.2) is 71.9 Å². The highest BCUT2D eigenvalue weighted by Gasteiger charge is 2.14. The molecule has 2 heterocycles. The maximum atomic E-state index is 12.4. The maximum Gasteiger partial charge on any atom is 0.303 e. The second-order valence-electron chi connectivity index (χ2n) is 7.01. The first-order chi connectivity index (χ1) is 15.3. The zero-order chi connectivity index (χ0) is 23.0. The monoisotopic (exact) mass is 490 g/mol. The number of pyridine rings is 1. The van der Waals surface area contributed by atoms with Crippen molar-refractivity contribution in [2.24, 2.45) is 0 Å². The molecule has 9 heteroatoms. The summed E-state index contributed by atoms with van der Waals surface area (Å²) in [5.41, 5.74) is 1.96. The number of hydrogen-bond donors (Lipinski definition) is 2. The topological polar surface area (TPSA) is 96.4 Å². The summed E-state index contributed by atoms with van der Waals surface area (Å²) in [5.74, 6) is -0.805. The van der Waals surface area contributed by atoms with E-state index in [1.807, 2.05) is 30.3 Å². The number of unbranched alkanes of at least 4 members (excludes halogenated alkanes) is 1. The molecule has 6 nitrogen and oxygen atoms in total. The summed E-state index contributed by atoms with van der Waals surface area (Å²) in [6.07, 6.45) is 7.41. The first kappa shape index (κ1) is 24.1. The van der Waals surface area contributed by atoms with E-state index in [0.29, 0.717) is 24.3 Å². The number of aromatic nitrogens is 1. The molecule has 0 bridgehead atoms. The van der Waals surface area contributed by atoms with Gasteiger partial charge in [0.1, 0.15) is 0 Å². The van der Waals surface area contributed by atoms with Crippen molar-refractivity contribution in [3.05, 3.63) is 87.3 Å². The summed E-state index contributed by atoms with van der Waals surface area (Å²) < 4.78 is 27.5. The van der Waals surface area contributed by atoms with Gasteiger partial charge in [-0.2, -0.15) is 0 Å². The van der Waals surface area contributed by atoms with Crippen LogP contribution in [0.25, 0.3) is 5.57 Å². The quantitative estimate of drug-likeness (QED) is 0.368. The summed E-state index contributed by atoms with van der Waals surface area (Å²) in [5, 5.41) is 9.34. The fourth-order valence-corrected chi connectivity index (χ4v) is 5.27. The Bertz CT molecular complexity index is 1170. The SMILES string of the molecule is O=C(O)CCCC=C(c1cccnc1)c1ccc(CCNS(=O)(=O)c2ccc(Cl)cc2)s1. The molecule has 0 aliphatic heterocycles. The highest BCUT2D eigenvalue weighted by Crippen LogP contribution is 2.30. The number of sulfonamides is 1. The third kappa shape index (κ3) is 7.00. The largest absolute Gasteiger partial charge is 0.481 e. The van der Waals surface area contributed by atoms with Crippen LogP contribution in [0.5, 0.6) is 0 Å². The minimum atomic E-state index is -3.59. The summed E-state index contributed by atoms with van der Waals surface area (Å²) in [7, 11) is -3.59. The standard InChI is InChI=1S/C23H23ClN2O4S2/c24-18-7-10-20(11-8-18)32(29,30)26-15-13-19-9-12-22(31-19)21(5-1-2-6-23(27)28)17-4-3-14-25-16-17/h3-5,7-12,14,16,26H,1-2,6,13,15H2,(H,27,28). The Kier molecular flexibility index (Phi) is 8.58. The van der Waals surface area contributed by atoms with Gasteiger partial charge in [-0.25, -0.2) is 13.1 Å². The molecule has 2 N–H and O–H groups in total. The maximum absolute atomic E-state index is 12.4. The lowest BCUT2D eigenvalue weighted by Gasteiger charge is -2.07. The average molecular weight is 491 g/mol.